The Labute approximate surface area is 201 Å². The molecule has 0 radical (unpaired) electrons. The normalized spacial score (nSPS) is 27.6. The number of halogens is 1. The number of benzene rings is 2. The van der Waals surface area contributed by atoms with Gasteiger partial charge >= 0.3 is 0 Å². The maximum Gasteiger partial charge on any atom is 0.294 e. The fourth-order valence-electron chi connectivity index (χ4n) is 6.12. The summed E-state index contributed by atoms with van der Waals surface area (Å²) < 4.78 is 0. The Balaban J connectivity index is 1.25. The third-order valence-corrected chi connectivity index (χ3v) is 8.02. The highest BCUT2D eigenvalue weighted by Crippen LogP contribution is 2.53. The monoisotopic (exact) mass is 478 g/mol. The molecule has 9 heteroatoms. The van der Waals surface area contributed by atoms with Gasteiger partial charge in [0.2, 0.25) is 11.8 Å². The molecule has 2 aliphatic carbocycles. The van der Waals surface area contributed by atoms with E-state index in [-0.39, 0.29) is 46.9 Å². The number of rotatable bonds is 4. The number of allylic oxidation sites excluding steroid dienone is 2. The number of imide groups is 1. The largest absolute Gasteiger partial charge is 0.367 e. The van der Waals surface area contributed by atoms with E-state index in [1.165, 1.54) is 11.0 Å². The second-order valence-electron chi connectivity index (χ2n) is 9.37. The molecular weight excluding hydrogens is 456 g/mol. The zero-order chi connectivity index (χ0) is 23.6. The minimum Gasteiger partial charge on any atom is -0.367 e. The van der Waals surface area contributed by atoms with Crippen LogP contribution in [0, 0.1) is 33.8 Å². The number of carbonyl (C=O) groups excluding carboxylic acids is 2. The van der Waals surface area contributed by atoms with Gasteiger partial charge in [-0.05, 0) is 42.5 Å². The van der Waals surface area contributed by atoms with Gasteiger partial charge in [0.1, 0.15) is 5.69 Å². The molecule has 2 heterocycles. The standard InChI is InChI=1S/C25H23ClN4O4/c26-18-3-1-2-4-19(18)27-9-11-28(12-10-27)20-8-7-17(14-21(20)30(33)34)29-24(31)22-15-5-6-16(13-15)23(22)25(29)32/h1-8,14-16,22-23H,9-13H2/t15-,16-,22+,23+/m0/s1. The van der Waals surface area contributed by atoms with Crippen LogP contribution in [0.25, 0.3) is 0 Å². The summed E-state index contributed by atoms with van der Waals surface area (Å²) in [6.45, 7) is 2.52. The third-order valence-electron chi connectivity index (χ3n) is 7.70. The van der Waals surface area contributed by atoms with Crippen LogP contribution in [0.15, 0.2) is 54.6 Å². The molecule has 0 aromatic heterocycles. The number of para-hydroxylation sites is 1. The number of nitrogens with zero attached hydrogens (tertiary/aromatic N) is 4. The lowest BCUT2D eigenvalue weighted by Gasteiger charge is -2.37. The van der Waals surface area contributed by atoms with Crippen molar-refractivity contribution in [1.29, 1.82) is 0 Å². The van der Waals surface area contributed by atoms with E-state index in [9.17, 15) is 19.7 Å². The van der Waals surface area contributed by atoms with E-state index in [2.05, 4.69) is 4.90 Å². The summed E-state index contributed by atoms with van der Waals surface area (Å²) in [6, 6.07) is 12.3. The van der Waals surface area contributed by atoms with Crippen LogP contribution in [0.5, 0.6) is 0 Å². The lowest BCUT2D eigenvalue weighted by atomic mass is 9.85. The van der Waals surface area contributed by atoms with Crippen molar-refractivity contribution >= 4 is 46.2 Å². The van der Waals surface area contributed by atoms with Crippen molar-refractivity contribution in [1.82, 2.24) is 0 Å². The molecular formula is C25H23ClN4O4. The Kier molecular flexibility index (Phi) is 4.88. The van der Waals surface area contributed by atoms with Gasteiger partial charge in [-0.1, -0.05) is 35.9 Å². The molecule has 4 aliphatic rings. The number of amides is 2. The maximum absolute atomic E-state index is 13.1. The Morgan fingerprint density at radius 3 is 2.03 bits per heavy atom. The zero-order valence-electron chi connectivity index (χ0n) is 18.3. The van der Waals surface area contributed by atoms with Crippen molar-refractivity contribution in [2.45, 2.75) is 6.42 Å². The van der Waals surface area contributed by atoms with Crippen LogP contribution in [0.1, 0.15) is 6.42 Å². The van der Waals surface area contributed by atoms with Gasteiger partial charge in [-0.2, -0.15) is 0 Å². The van der Waals surface area contributed by atoms with Crippen molar-refractivity contribution in [2.75, 3.05) is 40.9 Å². The number of fused-ring (bicyclic) bond motifs is 5. The van der Waals surface area contributed by atoms with E-state index in [4.69, 9.17) is 11.6 Å². The molecule has 0 spiro atoms. The molecule has 2 amide bonds. The average molecular weight is 479 g/mol. The fourth-order valence-corrected chi connectivity index (χ4v) is 6.37. The average Bonchev–Trinajstić information content (AvgIpc) is 3.53. The first-order valence-corrected chi connectivity index (χ1v) is 11.9. The number of hydrogen-bond acceptors (Lipinski definition) is 6. The van der Waals surface area contributed by atoms with Crippen molar-refractivity contribution in [3.05, 3.63) is 69.8 Å². The first-order chi connectivity index (χ1) is 16.4. The molecule has 2 aromatic rings. The molecule has 4 atom stereocenters. The smallest absolute Gasteiger partial charge is 0.294 e. The summed E-state index contributed by atoms with van der Waals surface area (Å²) >= 11 is 6.33. The van der Waals surface area contributed by atoms with Crippen molar-refractivity contribution in [3.63, 3.8) is 0 Å². The van der Waals surface area contributed by atoms with Crippen molar-refractivity contribution in [2.24, 2.45) is 23.7 Å². The van der Waals surface area contributed by atoms with Gasteiger partial charge in [-0.15, -0.1) is 0 Å². The molecule has 2 aromatic carbocycles. The summed E-state index contributed by atoms with van der Waals surface area (Å²) in [5.74, 6) is -0.942. The molecule has 34 heavy (non-hydrogen) atoms. The van der Waals surface area contributed by atoms with E-state index in [1.54, 1.807) is 12.1 Å². The van der Waals surface area contributed by atoms with Crippen molar-refractivity contribution < 1.29 is 14.5 Å². The van der Waals surface area contributed by atoms with E-state index in [0.717, 1.165) is 12.1 Å². The summed E-state index contributed by atoms with van der Waals surface area (Å²) in [5, 5.41) is 12.7. The second kappa shape index (κ2) is 7.84. The topological polar surface area (TPSA) is 87.0 Å². The van der Waals surface area contributed by atoms with Gasteiger partial charge in [0.15, 0.2) is 0 Å². The zero-order valence-corrected chi connectivity index (χ0v) is 19.1. The van der Waals surface area contributed by atoms with E-state index in [0.29, 0.717) is 36.9 Å². The first kappa shape index (κ1) is 21.2. The molecule has 0 unspecified atom stereocenters. The SMILES string of the molecule is O=C1[C@H]2[C@H](C(=O)N1c1ccc(N3CCN(c4ccccc4Cl)CC3)c([N+](=O)[O-])c1)[C@H]1C=C[C@H]2C1. The molecule has 1 saturated carbocycles. The highest BCUT2D eigenvalue weighted by atomic mass is 35.5. The Morgan fingerprint density at radius 1 is 0.853 bits per heavy atom. The number of anilines is 3. The van der Waals surface area contributed by atoms with Gasteiger partial charge in [-0.25, -0.2) is 4.90 Å². The fraction of sp³-hybridized carbons (Fsp3) is 0.360. The minimum atomic E-state index is -0.434. The van der Waals surface area contributed by atoms with Crippen LogP contribution in [0.3, 0.4) is 0 Å². The summed E-state index contributed by atoms with van der Waals surface area (Å²) in [4.78, 5) is 43.1. The van der Waals surface area contributed by atoms with Gasteiger partial charge in [0.05, 0.1) is 33.2 Å². The highest BCUT2D eigenvalue weighted by molar-refractivity contribution is 6.33. The van der Waals surface area contributed by atoms with E-state index < -0.39 is 4.92 Å². The predicted octanol–water partition coefficient (Wildman–Crippen LogP) is 3.89. The van der Waals surface area contributed by atoms with Crippen LogP contribution >= 0.6 is 11.6 Å². The summed E-state index contributed by atoms with van der Waals surface area (Å²) in [6.07, 6.45) is 4.92. The van der Waals surface area contributed by atoms with Gasteiger partial charge in [-0.3, -0.25) is 19.7 Å². The predicted molar refractivity (Wildman–Crippen MR) is 129 cm³/mol. The van der Waals surface area contributed by atoms with Crippen LogP contribution in [-0.2, 0) is 9.59 Å². The quantitative estimate of drug-likeness (QED) is 0.287. The lowest BCUT2D eigenvalue weighted by Crippen LogP contribution is -2.46. The first-order valence-electron chi connectivity index (χ1n) is 11.5. The molecule has 2 aliphatic heterocycles. The number of hydrogen-bond donors (Lipinski definition) is 0. The van der Waals surface area contributed by atoms with Crippen LogP contribution in [0.4, 0.5) is 22.7 Å². The van der Waals surface area contributed by atoms with Gasteiger partial charge in [0.25, 0.3) is 5.69 Å². The highest BCUT2D eigenvalue weighted by Gasteiger charge is 2.59. The third kappa shape index (κ3) is 3.12. The van der Waals surface area contributed by atoms with Crippen LogP contribution < -0.4 is 14.7 Å². The van der Waals surface area contributed by atoms with Crippen LogP contribution in [-0.4, -0.2) is 42.9 Å². The molecule has 174 valence electrons. The molecule has 2 saturated heterocycles. The summed E-state index contributed by atoms with van der Waals surface area (Å²) in [5.41, 5.74) is 1.64. The van der Waals surface area contributed by atoms with Gasteiger partial charge in [0, 0.05) is 32.2 Å². The molecule has 8 nitrogen and oxygen atoms in total. The minimum absolute atomic E-state index is 0.0950. The van der Waals surface area contributed by atoms with Crippen LogP contribution in [0.2, 0.25) is 5.02 Å². The van der Waals surface area contributed by atoms with Gasteiger partial charge < -0.3 is 9.80 Å². The molecule has 0 N–H and O–H groups in total. The Morgan fingerprint density at radius 2 is 1.44 bits per heavy atom. The number of nitro groups is 1. The number of carbonyl (C=O) groups is 2. The Bertz CT molecular complexity index is 1210. The molecule has 6 rings (SSSR count). The Hall–Kier alpha value is -3.39. The van der Waals surface area contributed by atoms with Crippen molar-refractivity contribution in [3.8, 4) is 0 Å². The maximum atomic E-state index is 13.1. The number of nitro benzene ring substituents is 1. The summed E-state index contributed by atoms with van der Waals surface area (Å²) in [7, 11) is 0. The number of piperazine rings is 1. The molecule has 2 bridgehead atoms. The second-order valence-corrected chi connectivity index (χ2v) is 9.77. The van der Waals surface area contributed by atoms with E-state index in [1.807, 2.05) is 41.3 Å². The lowest BCUT2D eigenvalue weighted by molar-refractivity contribution is -0.384. The molecule has 3 fully saturated rings. The van der Waals surface area contributed by atoms with E-state index >= 15 is 0 Å².